The third-order valence-corrected chi connectivity index (χ3v) is 3.46. The number of hydrogen-bond acceptors (Lipinski definition) is 5. The molecule has 0 saturated carbocycles. The zero-order valence-corrected chi connectivity index (χ0v) is 13.5. The Bertz CT molecular complexity index is 716. The number of benzene rings is 1. The molecule has 7 nitrogen and oxygen atoms in total. The van der Waals surface area contributed by atoms with Gasteiger partial charge in [0, 0.05) is 18.2 Å². The molecule has 0 unspecified atom stereocenters. The summed E-state index contributed by atoms with van der Waals surface area (Å²) in [5.74, 6) is 2.47. The quantitative estimate of drug-likeness (QED) is 0.660. The maximum absolute atomic E-state index is 5.93. The van der Waals surface area contributed by atoms with E-state index in [1.54, 1.807) is 13.3 Å². The van der Waals surface area contributed by atoms with Crippen molar-refractivity contribution in [1.82, 2.24) is 4.98 Å². The van der Waals surface area contributed by atoms with Gasteiger partial charge in [0.1, 0.15) is 5.75 Å². The average Bonchev–Trinajstić information content (AvgIpc) is 2.85. The summed E-state index contributed by atoms with van der Waals surface area (Å²) in [6.45, 7) is 1.69. The van der Waals surface area contributed by atoms with E-state index in [-0.39, 0.29) is 0 Å². The van der Waals surface area contributed by atoms with E-state index >= 15 is 0 Å². The second-order valence-electron chi connectivity index (χ2n) is 5.23. The second-order valence-corrected chi connectivity index (χ2v) is 5.23. The van der Waals surface area contributed by atoms with Crippen molar-refractivity contribution in [3.63, 3.8) is 0 Å². The van der Waals surface area contributed by atoms with Gasteiger partial charge in [-0.2, -0.15) is 0 Å². The first-order chi connectivity index (χ1) is 11.7. The molecule has 3 N–H and O–H groups in total. The number of aliphatic imine (C=N–C) groups is 1. The molecule has 1 aromatic heterocycles. The molecule has 2 aromatic rings. The van der Waals surface area contributed by atoms with Crippen LogP contribution in [-0.4, -0.2) is 31.3 Å². The molecule has 0 spiro atoms. The zero-order chi connectivity index (χ0) is 16.8. The lowest BCUT2D eigenvalue weighted by molar-refractivity contribution is 0.297. The van der Waals surface area contributed by atoms with Gasteiger partial charge in [0.15, 0.2) is 17.5 Å². The number of fused-ring (bicyclic) bond motifs is 1. The van der Waals surface area contributed by atoms with Crippen molar-refractivity contribution in [1.29, 1.82) is 0 Å². The highest BCUT2D eigenvalue weighted by molar-refractivity contribution is 5.92. The van der Waals surface area contributed by atoms with Crippen LogP contribution in [0.25, 0.3) is 0 Å². The van der Waals surface area contributed by atoms with Crippen molar-refractivity contribution >= 4 is 11.6 Å². The van der Waals surface area contributed by atoms with Crippen molar-refractivity contribution in [2.75, 3.05) is 25.6 Å². The highest BCUT2D eigenvalue weighted by atomic mass is 16.5. The van der Waals surface area contributed by atoms with Crippen LogP contribution in [0.4, 0.5) is 5.69 Å². The predicted molar refractivity (Wildman–Crippen MR) is 91.8 cm³/mol. The molecule has 0 bridgehead atoms. The van der Waals surface area contributed by atoms with Gasteiger partial charge in [-0.1, -0.05) is 0 Å². The minimum Gasteiger partial charge on any atom is -0.495 e. The summed E-state index contributed by atoms with van der Waals surface area (Å²) >= 11 is 0. The summed E-state index contributed by atoms with van der Waals surface area (Å²) < 4.78 is 16.3. The van der Waals surface area contributed by atoms with E-state index in [4.69, 9.17) is 19.9 Å². The molecule has 0 atom stereocenters. The van der Waals surface area contributed by atoms with Gasteiger partial charge in [0.05, 0.1) is 38.8 Å². The van der Waals surface area contributed by atoms with Gasteiger partial charge in [-0.15, -0.1) is 0 Å². The van der Waals surface area contributed by atoms with E-state index in [0.29, 0.717) is 37.2 Å². The summed E-state index contributed by atoms with van der Waals surface area (Å²) in [4.78, 5) is 8.53. The number of aromatic nitrogens is 1. The van der Waals surface area contributed by atoms with Crippen molar-refractivity contribution in [3.8, 4) is 17.2 Å². The largest absolute Gasteiger partial charge is 0.495 e. The van der Waals surface area contributed by atoms with Gasteiger partial charge in [-0.05, 0) is 24.3 Å². The number of pyridine rings is 1. The molecule has 1 aliphatic rings. The minimum absolute atomic E-state index is 0.308. The fourth-order valence-electron chi connectivity index (χ4n) is 2.22. The van der Waals surface area contributed by atoms with Crippen molar-refractivity contribution in [2.45, 2.75) is 13.0 Å². The molecule has 1 aromatic carbocycles. The molecule has 0 aliphatic carbocycles. The Kier molecular flexibility index (Phi) is 5.00. The summed E-state index contributed by atoms with van der Waals surface area (Å²) in [5.41, 5.74) is 7.53. The van der Waals surface area contributed by atoms with Crippen LogP contribution in [0, 0.1) is 0 Å². The van der Waals surface area contributed by atoms with Gasteiger partial charge >= 0.3 is 0 Å². The van der Waals surface area contributed by atoms with Crippen LogP contribution in [0.5, 0.6) is 17.2 Å². The number of guanidine groups is 1. The molecular formula is C17H20N4O3. The van der Waals surface area contributed by atoms with Gasteiger partial charge in [0.2, 0.25) is 0 Å². The summed E-state index contributed by atoms with van der Waals surface area (Å²) in [7, 11) is 1.60. The lowest BCUT2D eigenvalue weighted by Gasteiger charge is -2.10. The number of anilines is 1. The number of rotatable bonds is 4. The monoisotopic (exact) mass is 328 g/mol. The number of nitrogens with one attached hydrogen (secondary N) is 1. The van der Waals surface area contributed by atoms with Crippen molar-refractivity contribution < 1.29 is 14.2 Å². The highest BCUT2D eigenvalue weighted by Gasteiger charge is 2.10. The van der Waals surface area contributed by atoms with Crippen LogP contribution in [0.2, 0.25) is 0 Å². The normalized spacial score (nSPS) is 14.0. The summed E-state index contributed by atoms with van der Waals surface area (Å²) in [6, 6.07) is 9.28. The van der Waals surface area contributed by atoms with Gasteiger partial charge < -0.3 is 25.3 Å². The molecule has 0 fully saturated rings. The molecule has 0 amide bonds. The number of nitrogens with zero attached hydrogens (tertiary/aromatic N) is 2. The van der Waals surface area contributed by atoms with E-state index < -0.39 is 0 Å². The summed E-state index contributed by atoms with van der Waals surface area (Å²) in [6.07, 6.45) is 2.52. The lowest BCUT2D eigenvalue weighted by Crippen LogP contribution is -2.22. The standard InChI is InChI=1S/C17H20N4O3/c1-22-14-5-3-13(19-11-14)10-20-17(18)21-12-4-6-15-16(9-12)24-8-2-7-23-15/h3-6,9,11H,2,7-8,10H2,1H3,(H3,18,20,21). The second kappa shape index (κ2) is 7.54. The van der Waals surface area contributed by atoms with Crippen LogP contribution < -0.4 is 25.3 Å². The highest BCUT2D eigenvalue weighted by Crippen LogP contribution is 2.32. The van der Waals surface area contributed by atoms with Gasteiger partial charge in [-0.25, -0.2) is 4.99 Å². The first kappa shape index (κ1) is 15.9. The topological polar surface area (TPSA) is 91.0 Å². The molecular weight excluding hydrogens is 308 g/mol. The van der Waals surface area contributed by atoms with Crippen LogP contribution in [0.3, 0.4) is 0 Å². The number of ether oxygens (including phenoxy) is 3. The van der Waals surface area contributed by atoms with E-state index in [1.807, 2.05) is 30.3 Å². The van der Waals surface area contributed by atoms with Crippen LogP contribution in [-0.2, 0) is 6.54 Å². The Hall–Kier alpha value is -2.96. The first-order valence-corrected chi connectivity index (χ1v) is 7.70. The van der Waals surface area contributed by atoms with Gasteiger partial charge in [0.25, 0.3) is 0 Å². The molecule has 7 heteroatoms. The molecule has 3 rings (SSSR count). The lowest BCUT2D eigenvalue weighted by atomic mass is 10.3. The van der Waals surface area contributed by atoms with E-state index in [9.17, 15) is 0 Å². The minimum atomic E-state index is 0.308. The molecule has 1 aliphatic heterocycles. The Morgan fingerprint density at radius 1 is 1.25 bits per heavy atom. The van der Waals surface area contributed by atoms with Crippen LogP contribution >= 0.6 is 0 Å². The Morgan fingerprint density at radius 3 is 2.83 bits per heavy atom. The van der Waals surface area contributed by atoms with E-state index in [0.717, 1.165) is 23.6 Å². The number of methoxy groups -OCH3 is 1. The Labute approximate surface area is 140 Å². The first-order valence-electron chi connectivity index (χ1n) is 7.70. The third kappa shape index (κ3) is 4.07. The molecule has 126 valence electrons. The molecule has 24 heavy (non-hydrogen) atoms. The zero-order valence-electron chi connectivity index (χ0n) is 13.5. The third-order valence-electron chi connectivity index (χ3n) is 3.46. The fourth-order valence-corrected chi connectivity index (χ4v) is 2.22. The number of hydrogen-bond donors (Lipinski definition) is 2. The molecule has 0 saturated heterocycles. The van der Waals surface area contributed by atoms with E-state index in [2.05, 4.69) is 15.3 Å². The van der Waals surface area contributed by atoms with Gasteiger partial charge in [-0.3, -0.25) is 4.98 Å². The predicted octanol–water partition coefficient (Wildman–Crippen LogP) is 2.18. The smallest absolute Gasteiger partial charge is 0.193 e. The SMILES string of the molecule is COc1ccc(CN=C(N)Nc2ccc3c(c2)OCCCO3)nc1. The van der Waals surface area contributed by atoms with Crippen molar-refractivity contribution in [2.24, 2.45) is 10.7 Å². The molecule has 0 radical (unpaired) electrons. The Morgan fingerprint density at radius 2 is 2.08 bits per heavy atom. The van der Waals surface area contributed by atoms with E-state index in [1.165, 1.54) is 0 Å². The Balaban J connectivity index is 1.63. The average molecular weight is 328 g/mol. The van der Waals surface area contributed by atoms with Crippen LogP contribution in [0.15, 0.2) is 41.5 Å². The molecule has 2 heterocycles. The summed E-state index contributed by atoms with van der Waals surface area (Å²) in [5, 5.41) is 3.04. The van der Waals surface area contributed by atoms with Crippen molar-refractivity contribution in [3.05, 3.63) is 42.2 Å². The fraction of sp³-hybridized carbons (Fsp3) is 0.294. The maximum atomic E-state index is 5.93. The number of nitrogens with two attached hydrogens (primary N) is 1. The van der Waals surface area contributed by atoms with Crippen LogP contribution in [0.1, 0.15) is 12.1 Å². The maximum Gasteiger partial charge on any atom is 0.193 e.